The third-order valence-electron chi connectivity index (χ3n) is 4.51. The zero-order chi connectivity index (χ0) is 19.7. The van der Waals surface area contributed by atoms with Gasteiger partial charge in [-0.05, 0) is 42.5 Å². The van der Waals surface area contributed by atoms with Gasteiger partial charge in [0.25, 0.3) is 5.56 Å². The van der Waals surface area contributed by atoms with Gasteiger partial charge in [-0.15, -0.1) is 10.2 Å². The molecular weight excluding hydrogens is 356 g/mol. The number of aromatic nitrogens is 5. The van der Waals surface area contributed by atoms with Gasteiger partial charge < -0.3 is 4.98 Å². The van der Waals surface area contributed by atoms with E-state index in [1.54, 1.807) is 12.3 Å². The summed E-state index contributed by atoms with van der Waals surface area (Å²) in [6.07, 6.45) is 3.85. The minimum atomic E-state index is -0.599. The van der Waals surface area contributed by atoms with Crippen LogP contribution in [0, 0.1) is 36.0 Å². The number of hydrogen-bond acceptors (Lipinski definition) is 6. The highest BCUT2D eigenvalue weighted by Crippen LogP contribution is 2.48. The second-order valence-corrected chi connectivity index (χ2v) is 6.57. The number of H-pyrrole nitrogens is 2. The highest BCUT2D eigenvalue weighted by atomic mass is 16.2. The van der Waals surface area contributed by atoms with Crippen molar-refractivity contribution < 1.29 is 0 Å². The second-order valence-electron chi connectivity index (χ2n) is 6.57. The van der Waals surface area contributed by atoms with E-state index in [0.29, 0.717) is 17.0 Å². The van der Waals surface area contributed by atoms with Crippen LogP contribution in [0.4, 0.5) is 0 Å². The van der Waals surface area contributed by atoms with Gasteiger partial charge in [0.1, 0.15) is 17.5 Å². The number of nitrogens with zero attached hydrogens (tertiary/aromatic N) is 4. The van der Waals surface area contributed by atoms with Crippen molar-refractivity contribution in [1.29, 1.82) is 5.26 Å². The van der Waals surface area contributed by atoms with Crippen LogP contribution >= 0.6 is 0 Å². The normalized spacial score (nSPS) is 17.3. The van der Waals surface area contributed by atoms with Gasteiger partial charge in [0, 0.05) is 24.2 Å². The van der Waals surface area contributed by atoms with Crippen molar-refractivity contribution in [2.24, 2.45) is 5.92 Å². The molecule has 2 N–H and O–H groups in total. The average molecular weight is 370 g/mol. The average Bonchev–Trinajstić information content (AvgIpc) is 3.47. The molecule has 3 aromatic rings. The molecule has 8 heteroatoms. The number of nitrogens with one attached hydrogen (secondary N) is 2. The minimum Gasteiger partial charge on any atom is -0.313 e. The SMILES string of the molecule is Cc1ccc(C#C[C@H]2C[C@@H]2c2cc(-c3c[nH]c(=O)[nH]c3=O)nnc2C#N)nc1. The first-order valence-corrected chi connectivity index (χ1v) is 8.59. The summed E-state index contributed by atoms with van der Waals surface area (Å²) in [5.41, 5.74) is 2.01. The summed E-state index contributed by atoms with van der Waals surface area (Å²) in [5.74, 6) is 6.37. The Bertz CT molecular complexity index is 1270. The molecule has 1 aliphatic rings. The van der Waals surface area contributed by atoms with E-state index in [1.165, 1.54) is 6.20 Å². The first-order chi connectivity index (χ1) is 13.5. The maximum atomic E-state index is 12.0. The van der Waals surface area contributed by atoms with E-state index < -0.39 is 11.2 Å². The molecule has 0 bridgehead atoms. The van der Waals surface area contributed by atoms with Crippen LogP contribution in [0.15, 0.2) is 40.2 Å². The van der Waals surface area contributed by atoms with Gasteiger partial charge in [0.05, 0.1) is 5.56 Å². The topological polar surface area (TPSA) is 128 Å². The van der Waals surface area contributed by atoms with Crippen molar-refractivity contribution in [2.45, 2.75) is 19.3 Å². The summed E-state index contributed by atoms with van der Waals surface area (Å²) in [4.78, 5) is 32.0. The summed E-state index contributed by atoms with van der Waals surface area (Å²) in [6, 6.07) is 7.54. The monoisotopic (exact) mass is 370 g/mol. The lowest BCUT2D eigenvalue weighted by atomic mass is 10.1. The zero-order valence-corrected chi connectivity index (χ0v) is 14.9. The third kappa shape index (κ3) is 3.44. The van der Waals surface area contributed by atoms with Crippen molar-refractivity contribution >= 4 is 0 Å². The number of aromatic amines is 2. The fourth-order valence-electron chi connectivity index (χ4n) is 2.91. The molecule has 2 atom stereocenters. The van der Waals surface area contributed by atoms with Gasteiger partial charge in [-0.2, -0.15) is 5.26 Å². The van der Waals surface area contributed by atoms with Gasteiger partial charge >= 0.3 is 5.69 Å². The molecule has 1 saturated carbocycles. The molecular formula is C20H14N6O2. The predicted octanol–water partition coefficient (Wildman–Crippen LogP) is 1.25. The summed E-state index contributed by atoms with van der Waals surface area (Å²) < 4.78 is 0. The Morgan fingerprint density at radius 1 is 1.25 bits per heavy atom. The van der Waals surface area contributed by atoms with Crippen molar-refractivity contribution in [3.05, 3.63) is 73.9 Å². The van der Waals surface area contributed by atoms with Crippen molar-refractivity contribution in [1.82, 2.24) is 25.1 Å². The molecule has 1 aliphatic carbocycles. The highest BCUT2D eigenvalue weighted by Gasteiger charge is 2.39. The Balaban J connectivity index is 1.63. The lowest BCUT2D eigenvalue weighted by Crippen LogP contribution is -2.23. The highest BCUT2D eigenvalue weighted by molar-refractivity contribution is 5.59. The summed E-state index contributed by atoms with van der Waals surface area (Å²) >= 11 is 0. The quantitative estimate of drug-likeness (QED) is 0.653. The Kier molecular flexibility index (Phi) is 4.30. The molecule has 0 aromatic carbocycles. The minimum absolute atomic E-state index is 0.0451. The molecule has 0 saturated heterocycles. The lowest BCUT2D eigenvalue weighted by Gasteiger charge is -2.04. The maximum Gasteiger partial charge on any atom is 0.325 e. The second kappa shape index (κ2) is 6.93. The van der Waals surface area contributed by atoms with E-state index in [-0.39, 0.29) is 23.1 Å². The largest absolute Gasteiger partial charge is 0.325 e. The summed E-state index contributed by atoms with van der Waals surface area (Å²) in [5, 5.41) is 17.2. The lowest BCUT2D eigenvalue weighted by molar-refractivity contribution is 0.936. The van der Waals surface area contributed by atoms with Gasteiger partial charge in [-0.25, -0.2) is 9.78 Å². The van der Waals surface area contributed by atoms with Gasteiger partial charge in [0.2, 0.25) is 0 Å². The third-order valence-corrected chi connectivity index (χ3v) is 4.51. The number of nitriles is 1. The van der Waals surface area contributed by atoms with E-state index in [4.69, 9.17) is 0 Å². The van der Waals surface area contributed by atoms with Crippen LogP contribution in [0.5, 0.6) is 0 Å². The van der Waals surface area contributed by atoms with Crippen LogP contribution in [0.25, 0.3) is 11.3 Å². The van der Waals surface area contributed by atoms with Crippen molar-refractivity contribution in [2.75, 3.05) is 0 Å². The van der Waals surface area contributed by atoms with Crippen LogP contribution < -0.4 is 11.2 Å². The number of pyridine rings is 1. The van der Waals surface area contributed by atoms with E-state index in [0.717, 1.165) is 12.0 Å². The van der Waals surface area contributed by atoms with Crippen LogP contribution in [-0.4, -0.2) is 25.1 Å². The molecule has 28 heavy (non-hydrogen) atoms. The maximum absolute atomic E-state index is 12.0. The van der Waals surface area contributed by atoms with Crippen LogP contribution in [0.2, 0.25) is 0 Å². The molecule has 136 valence electrons. The first kappa shape index (κ1) is 17.4. The van der Waals surface area contributed by atoms with E-state index >= 15 is 0 Å². The first-order valence-electron chi connectivity index (χ1n) is 8.59. The van der Waals surface area contributed by atoms with Gasteiger partial charge in [-0.1, -0.05) is 12.0 Å². The van der Waals surface area contributed by atoms with Crippen LogP contribution in [-0.2, 0) is 0 Å². The standard InChI is InChI=1S/C20H14N6O2/c1-11-2-4-13(22-9-11)5-3-12-6-14(12)15-7-17(25-26-18(15)8-21)16-10-23-20(28)24-19(16)27/h2,4,7,9-10,12,14H,6H2,1H3,(H2,23,24,27,28)/t12-,14-/m0/s1. The van der Waals surface area contributed by atoms with E-state index in [1.807, 2.05) is 25.1 Å². The van der Waals surface area contributed by atoms with Crippen LogP contribution in [0.1, 0.15) is 34.9 Å². The molecule has 3 heterocycles. The number of aryl methyl sites for hydroxylation is 1. The van der Waals surface area contributed by atoms with Gasteiger partial charge in [-0.3, -0.25) is 9.78 Å². The van der Waals surface area contributed by atoms with Crippen molar-refractivity contribution in [3.63, 3.8) is 0 Å². The smallest absolute Gasteiger partial charge is 0.313 e. The molecule has 0 spiro atoms. The van der Waals surface area contributed by atoms with Gasteiger partial charge in [0.15, 0.2) is 5.69 Å². The summed E-state index contributed by atoms with van der Waals surface area (Å²) in [7, 11) is 0. The fraction of sp³-hybridized carbons (Fsp3) is 0.200. The van der Waals surface area contributed by atoms with Crippen molar-refractivity contribution in [3.8, 4) is 29.2 Å². The number of rotatable bonds is 2. The molecule has 8 nitrogen and oxygen atoms in total. The fourth-order valence-corrected chi connectivity index (χ4v) is 2.91. The molecule has 1 fully saturated rings. The molecule has 3 aromatic heterocycles. The Morgan fingerprint density at radius 3 is 2.82 bits per heavy atom. The molecule has 0 aliphatic heterocycles. The predicted molar refractivity (Wildman–Crippen MR) is 100 cm³/mol. The zero-order valence-electron chi connectivity index (χ0n) is 14.9. The molecule has 0 unspecified atom stereocenters. The number of hydrogen-bond donors (Lipinski definition) is 2. The van der Waals surface area contributed by atoms with E-state index in [9.17, 15) is 14.9 Å². The summed E-state index contributed by atoms with van der Waals surface area (Å²) in [6.45, 7) is 1.96. The van der Waals surface area contributed by atoms with E-state index in [2.05, 4.69) is 37.0 Å². The molecule has 0 radical (unpaired) electrons. The Hall–Kier alpha value is -4.04. The molecule has 4 rings (SSSR count). The Morgan fingerprint density at radius 2 is 2.11 bits per heavy atom. The Labute approximate surface area is 159 Å². The molecule has 0 amide bonds. The van der Waals surface area contributed by atoms with Crippen LogP contribution in [0.3, 0.4) is 0 Å².